The van der Waals surface area contributed by atoms with Crippen LogP contribution >= 0.6 is 0 Å². The predicted octanol–water partition coefficient (Wildman–Crippen LogP) is 2.97. The Morgan fingerprint density at radius 2 is 1.72 bits per heavy atom. The van der Waals surface area contributed by atoms with Crippen LogP contribution in [-0.2, 0) is 0 Å². The van der Waals surface area contributed by atoms with E-state index in [0.29, 0.717) is 30.3 Å². The minimum absolute atomic E-state index is 0.0145. The highest BCUT2D eigenvalue weighted by Gasteiger charge is 2.20. The summed E-state index contributed by atoms with van der Waals surface area (Å²) in [7, 11) is 0. The SMILES string of the molecule is CC(F)c1cc2c(cc1C(C)CO)OCCCO2. The van der Waals surface area contributed by atoms with Crippen molar-refractivity contribution in [3.63, 3.8) is 0 Å². The van der Waals surface area contributed by atoms with Crippen molar-refractivity contribution in [2.75, 3.05) is 19.8 Å². The van der Waals surface area contributed by atoms with Gasteiger partial charge in [-0.05, 0) is 30.2 Å². The van der Waals surface area contributed by atoms with Crippen LogP contribution in [0.1, 0.15) is 43.5 Å². The zero-order chi connectivity index (χ0) is 13.1. The Morgan fingerprint density at radius 1 is 1.17 bits per heavy atom. The number of rotatable bonds is 3. The van der Waals surface area contributed by atoms with Crippen LogP contribution in [0.5, 0.6) is 11.5 Å². The maximum atomic E-state index is 13.7. The molecule has 0 bridgehead atoms. The molecule has 0 saturated carbocycles. The molecule has 4 heteroatoms. The van der Waals surface area contributed by atoms with E-state index in [1.165, 1.54) is 6.92 Å². The molecule has 1 heterocycles. The van der Waals surface area contributed by atoms with E-state index >= 15 is 0 Å². The second-order valence-electron chi connectivity index (χ2n) is 4.68. The van der Waals surface area contributed by atoms with Gasteiger partial charge >= 0.3 is 0 Å². The van der Waals surface area contributed by atoms with E-state index in [1.54, 1.807) is 12.1 Å². The lowest BCUT2D eigenvalue weighted by Crippen LogP contribution is -2.06. The first-order valence-corrected chi connectivity index (χ1v) is 6.32. The van der Waals surface area contributed by atoms with Crippen LogP contribution in [0.4, 0.5) is 4.39 Å². The van der Waals surface area contributed by atoms with Crippen molar-refractivity contribution in [3.8, 4) is 11.5 Å². The normalized spacial score (nSPS) is 18.0. The molecule has 2 atom stereocenters. The first-order valence-electron chi connectivity index (χ1n) is 6.32. The Morgan fingerprint density at radius 3 is 2.22 bits per heavy atom. The maximum absolute atomic E-state index is 13.7. The van der Waals surface area contributed by atoms with Crippen molar-refractivity contribution in [1.82, 2.24) is 0 Å². The molecule has 3 nitrogen and oxygen atoms in total. The number of hydrogen-bond donors (Lipinski definition) is 1. The molecule has 0 radical (unpaired) electrons. The zero-order valence-corrected chi connectivity index (χ0v) is 10.8. The van der Waals surface area contributed by atoms with Crippen LogP contribution in [0.2, 0.25) is 0 Å². The molecule has 1 aromatic rings. The summed E-state index contributed by atoms with van der Waals surface area (Å²) in [5, 5.41) is 9.26. The third-order valence-corrected chi connectivity index (χ3v) is 3.19. The Balaban J connectivity index is 2.47. The molecule has 0 amide bonds. The minimum Gasteiger partial charge on any atom is -0.490 e. The summed E-state index contributed by atoms with van der Waals surface area (Å²) in [6.07, 6.45) is -0.272. The smallest absolute Gasteiger partial charge is 0.161 e. The average Bonchev–Trinajstić information content (AvgIpc) is 2.60. The number of benzene rings is 1. The fraction of sp³-hybridized carbons (Fsp3) is 0.571. The summed E-state index contributed by atoms with van der Waals surface area (Å²) in [5.41, 5.74) is 1.36. The molecule has 0 fully saturated rings. The first-order chi connectivity index (χ1) is 8.63. The van der Waals surface area contributed by atoms with Crippen LogP contribution in [0.15, 0.2) is 12.1 Å². The highest BCUT2D eigenvalue weighted by Crippen LogP contribution is 2.38. The molecule has 0 aromatic heterocycles. The number of ether oxygens (including phenoxy) is 2. The van der Waals surface area contributed by atoms with E-state index in [1.807, 2.05) is 6.92 Å². The van der Waals surface area contributed by atoms with Crippen LogP contribution in [0.25, 0.3) is 0 Å². The average molecular weight is 254 g/mol. The first kappa shape index (κ1) is 13.1. The van der Waals surface area contributed by atoms with Crippen molar-refractivity contribution in [1.29, 1.82) is 0 Å². The molecule has 2 unspecified atom stereocenters. The summed E-state index contributed by atoms with van der Waals surface area (Å²) in [5.74, 6) is 1.13. The van der Waals surface area contributed by atoms with Gasteiger partial charge in [-0.25, -0.2) is 4.39 Å². The van der Waals surface area contributed by atoms with Gasteiger partial charge in [0.2, 0.25) is 0 Å². The molecule has 1 aromatic carbocycles. The van der Waals surface area contributed by atoms with Crippen LogP contribution in [0, 0.1) is 0 Å². The molecule has 1 aliphatic heterocycles. The molecular formula is C14H19FO3. The van der Waals surface area contributed by atoms with Gasteiger partial charge < -0.3 is 14.6 Å². The fourth-order valence-electron chi connectivity index (χ4n) is 2.11. The second kappa shape index (κ2) is 5.57. The number of aliphatic hydroxyl groups is 1. The van der Waals surface area contributed by atoms with E-state index in [-0.39, 0.29) is 12.5 Å². The van der Waals surface area contributed by atoms with Crippen molar-refractivity contribution in [3.05, 3.63) is 23.3 Å². The number of halogens is 1. The van der Waals surface area contributed by atoms with Gasteiger partial charge in [0.05, 0.1) is 13.2 Å². The van der Waals surface area contributed by atoms with E-state index in [0.717, 1.165) is 12.0 Å². The fourth-order valence-corrected chi connectivity index (χ4v) is 2.11. The number of alkyl halides is 1. The summed E-state index contributed by atoms with van der Waals surface area (Å²) in [6.45, 7) is 4.53. The highest BCUT2D eigenvalue weighted by molar-refractivity contribution is 5.49. The Labute approximate surface area is 107 Å². The number of aliphatic hydroxyl groups excluding tert-OH is 1. The summed E-state index contributed by atoms with van der Waals surface area (Å²) >= 11 is 0. The van der Waals surface area contributed by atoms with E-state index in [9.17, 15) is 9.50 Å². The third-order valence-electron chi connectivity index (χ3n) is 3.19. The third kappa shape index (κ3) is 2.58. The molecule has 18 heavy (non-hydrogen) atoms. The largest absolute Gasteiger partial charge is 0.490 e. The van der Waals surface area contributed by atoms with Crippen LogP contribution < -0.4 is 9.47 Å². The molecular weight excluding hydrogens is 235 g/mol. The monoisotopic (exact) mass is 254 g/mol. The predicted molar refractivity (Wildman–Crippen MR) is 67.1 cm³/mol. The lowest BCUT2D eigenvalue weighted by Gasteiger charge is -2.18. The van der Waals surface area contributed by atoms with Gasteiger partial charge in [-0.2, -0.15) is 0 Å². The quantitative estimate of drug-likeness (QED) is 0.901. The van der Waals surface area contributed by atoms with Gasteiger partial charge in [-0.1, -0.05) is 6.92 Å². The van der Waals surface area contributed by atoms with Gasteiger partial charge in [-0.3, -0.25) is 0 Å². The Hall–Kier alpha value is -1.29. The van der Waals surface area contributed by atoms with Crippen LogP contribution in [0.3, 0.4) is 0 Å². The topological polar surface area (TPSA) is 38.7 Å². The van der Waals surface area contributed by atoms with Crippen molar-refractivity contribution in [2.24, 2.45) is 0 Å². The molecule has 0 aliphatic carbocycles. The Kier molecular flexibility index (Phi) is 4.07. The zero-order valence-electron chi connectivity index (χ0n) is 10.8. The lowest BCUT2D eigenvalue weighted by atomic mass is 9.93. The maximum Gasteiger partial charge on any atom is 0.161 e. The summed E-state index contributed by atoms with van der Waals surface area (Å²) in [6, 6.07) is 3.50. The number of hydrogen-bond acceptors (Lipinski definition) is 3. The molecule has 0 saturated heterocycles. The second-order valence-corrected chi connectivity index (χ2v) is 4.68. The lowest BCUT2D eigenvalue weighted by molar-refractivity contribution is 0.269. The Bertz CT molecular complexity index is 418. The standard InChI is InChI=1S/C14H19FO3/c1-9(8-16)11-6-13-14(7-12(11)10(2)15)18-5-3-4-17-13/h6-7,9-10,16H,3-5,8H2,1-2H3. The van der Waals surface area contributed by atoms with Crippen molar-refractivity contribution in [2.45, 2.75) is 32.4 Å². The van der Waals surface area contributed by atoms with E-state index < -0.39 is 6.17 Å². The molecule has 2 rings (SSSR count). The van der Waals surface area contributed by atoms with Crippen molar-refractivity contribution < 1.29 is 19.0 Å². The highest BCUT2D eigenvalue weighted by atomic mass is 19.1. The molecule has 0 spiro atoms. The van der Waals surface area contributed by atoms with E-state index in [4.69, 9.17) is 9.47 Å². The van der Waals surface area contributed by atoms with Crippen LogP contribution in [-0.4, -0.2) is 24.9 Å². The number of fused-ring (bicyclic) bond motifs is 1. The molecule has 100 valence electrons. The van der Waals surface area contributed by atoms with Gasteiger partial charge in [0, 0.05) is 18.9 Å². The minimum atomic E-state index is -1.09. The summed E-state index contributed by atoms with van der Waals surface area (Å²) in [4.78, 5) is 0. The summed E-state index contributed by atoms with van der Waals surface area (Å²) < 4.78 is 24.8. The van der Waals surface area contributed by atoms with Gasteiger partial charge in [0.1, 0.15) is 6.17 Å². The van der Waals surface area contributed by atoms with Gasteiger partial charge in [0.25, 0.3) is 0 Å². The molecule has 1 N–H and O–H groups in total. The molecule has 1 aliphatic rings. The van der Waals surface area contributed by atoms with Gasteiger partial charge in [-0.15, -0.1) is 0 Å². The van der Waals surface area contributed by atoms with Crippen molar-refractivity contribution >= 4 is 0 Å². The van der Waals surface area contributed by atoms with E-state index in [2.05, 4.69) is 0 Å². The van der Waals surface area contributed by atoms with Gasteiger partial charge in [0.15, 0.2) is 11.5 Å².